The maximum Gasteiger partial charge on any atom is 0.323 e. The second kappa shape index (κ2) is 4.55. The van der Waals surface area contributed by atoms with Gasteiger partial charge in [-0.1, -0.05) is 0 Å². The molecule has 1 aliphatic heterocycles. The zero-order chi connectivity index (χ0) is 9.84. The normalized spacial score (nSPS) is 30.1. The largest absolute Gasteiger partial charge is 0.465 e. The molecule has 1 fully saturated rings. The molecular weight excluding hydrogens is 174 g/mol. The predicted octanol–water partition coefficient (Wildman–Crippen LogP) is -1.12. The molecule has 0 spiro atoms. The molecule has 5 nitrogen and oxygen atoms in total. The van der Waals surface area contributed by atoms with Gasteiger partial charge in [0.1, 0.15) is 6.04 Å². The third-order valence-corrected chi connectivity index (χ3v) is 2.11. The van der Waals surface area contributed by atoms with Gasteiger partial charge in [0.25, 0.3) is 0 Å². The van der Waals surface area contributed by atoms with Crippen molar-refractivity contribution >= 4 is 5.97 Å². The summed E-state index contributed by atoms with van der Waals surface area (Å²) in [6.45, 7) is 2.58. The average molecular weight is 189 g/mol. The predicted molar refractivity (Wildman–Crippen MR) is 44.9 cm³/mol. The molecule has 1 saturated heterocycles. The maximum atomic E-state index is 11.2. The highest BCUT2D eigenvalue weighted by Crippen LogP contribution is 2.17. The van der Waals surface area contributed by atoms with E-state index < -0.39 is 18.1 Å². The molecule has 1 heterocycles. The zero-order valence-electron chi connectivity index (χ0n) is 7.60. The van der Waals surface area contributed by atoms with Crippen molar-refractivity contribution in [1.82, 2.24) is 0 Å². The Balaban J connectivity index is 2.45. The van der Waals surface area contributed by atoms with E-state index in [1.54, 1.807) is 6.92 Å². The molecule has 0 amide bonds. The van der Waals surface area contributed by atoms with Crippen LogP contribution in [0.2, 0.25) is 0 Å². The molecule has 3 unspecified atom stereocenters. The van der Waals surface area contributed by atoms with Crippen LogP contribution in [-0.2, 0) is 14.3 Å². The van der Waals surface area contributed by atoms with Crippen molar-refractivity contribution in [3.05, 3.63) is 0 Å². The molecule has 0 aliphatic carbocycles. The van der Waals surface area contributed by atoms with Crippen molar-refractivity contribution in [2.24, 2.45) is 11.7 Å². The van der Waals surface area contributed by atoms with Crippen molar-refractivity contribution in [1.29, 1.82) is 0 Å². The van der Waals surface area contributed by atoms with Gasteiger partial charge in [0.15, 0.2) is 0 Å². The first-order valence-corrected chi connectivity index (χ1v) is 4.34. The molecule has 76 valence electrons. The van der Waals surface area contributed by atoms with Gasteiger partial charge < -0.3 is 20.3 Å². The topological polar surface area (TPSA) is 81.8 Å². The molecule has 0 saturated carbocycles. The highest BCUT2D eigenvalue weighted by atomic mass is 16.5. The van der Waals surface area contributed by atoms with Crippen molar-refractivity contribution in [2.75, 3.05) is 19.8 Å². The second-order valence-corrected chi connectivity index (χ2v) is 3.05. The molecule has 0 radical (unpaired) electrons. The van der Waals surface area contributed by atoms with Crippen molar-refractivity contribution < 1.29 is 19.4 Å². The standard InChI is InChI=1S/C8H15NO4/c1-2-13-8(11)7(9)5-3-12-4-6(5)10/h5-7,10H,2-4,9H2,1H3. The van der Waals surface area contributed by atoms with Gasteiger partial charge in [-0.05, 0) is 6.92 Å². The molecular formula is C8H15NO4. The Morgan fingerprint density at radius 3 is 2.92 bits per heavy atom. The summed E-state index contributed by atoms with van der Waals surface area (Å²) < 4.78 is 9.71. The van der Waals surface area contributed by atoms with Crippen molar-refractivity contribution in [3.8, 4) is 0 Å². The maximum absolute atomic E-state index is 11.2. The van der Waals surface area contributed by atoms with E-state index in [1.165, 1.54) is 0 Å². The Morgan fingerprint density at radius 1 is 1.77 bits per heavy atom. The summed E-state index contributed by atoms with van der Waals surface area (Å²) in [5.74, 6) is -0.809. The number of rotatable bonds is 3. The summed E-state index contributed by atoms with van der Waals surface area (Å²) in [5.41, 5.74) is 5.58. The molecule has 3 N–H and O–H groups in total. The molecule has 3 atom stereocenters. The van der Waals surface area contributed by atoms with Gasteiger partial charge in [-0.2, -0.15) is 0 Å². The highest BCUT2D eigenvalue weighted by Gasteiger charge is 2.35. The first-order chi connectivity index (χ1) is 6.16. The van der Waals surface area contributed by atoms with Crippen LogP contribution < -0.4 is 5.73 Å². The molecule has 0 aromatic carbocycles. The first-order valence-electron chi connectivity index (χ1n) is 4.34. The van der Waals surface area contributed by atoms with E-state index in [0.29, 0.717) is 13.2 Å². The van der Waals surface area contributed by atoms with Crippen LogP contribution in [0.5, 0.6) is 0 Å². The summed E-state index contributed by atoms with van der Waals surface area (Å²) in [6.07, 6.45) is -0.653. The SMILES string of the molecule is CCOC(=O)C(N)C1COCC1O. The molecule has 1 rings (SSSR count). The zero-order valence-corrected chi connectivity index (χ0v) is 7.60. The van der Waals surface area contributed by atoms with Gasteiger partial charge in [0.05, 0.1) is 25.9 Å². The van der Waals surface area contributed by atoms with E-state index in [-0.39, 0.29) is 12.5 Å². The Hall–Kier alpha value is -0.650. The van der Waals surface area contributed by atoms with E-state index in [9.17, 15) is 9.90 Å². The van der Waals surface area contributed by atoms with Crippen LogP contribution >= 0.6 is 0 Å². The number of hydrogen-bond acceptors (Lipinski definition) is 5. The fourth-order valence-corrected chi connectivity index (χ4v) is 1.32. The van der Waals surface area contributed by atoms with Gasteiger partial charge in [-0.3, -0.25) is 4.79 Å². The summed E-state index contributed by atoms with van der Waals surface area (Å²) in [5, 5.41) is 9.36. The van der Waals surface area contributed by atoms with E-state index >= 15 is 0 Å². The van der Waals surface area contributed by atoms with Crippen LogP contribution in [0.25, 0.3) is 0 Å². The minimum Gasteiger partial charge on any atom is -0.465 e. The second-order valence-electron chi connectivity index (χ2n) is 3.05. The number of aliphatic hydroxyl groups is 1. The smallest absolute Gasteiger partial charge is 0.323 e. The molecule has 0 aromatic heterocycles. The third-order valence-electron chi connectivity index (χ3n) is 2.11. The summed E-state index contributed by atoms with van der Waals surface area (Å²) in [4.78, 5) is 11.2. The monoisotopic (exact) mass is 189 g/mol. The quantitative estimate of drug-likeness (QED) is 0.550. The van der Waals surface area contributed by atoms with Crippen molar-refractivity contribution in [3.63, 3.8) is 0 Å². The van der Waals surface area contributed by atoms with Crippen LogP contribution in [0, 0.1) is 5.92 Å². The molecule has 13 heavy (non-hydrogen) atoms. The summed E-state index contributed by atoms with van der Waals surface area (Å²) in [6, 6.07) is -0.780. The van der Waals surface area contributed by atoms with Gasteiger partial charge in [-0.15, -0.1) is 0 Å². The number of nitrogens with two attached hydrogens (primary N) is 1. The van der Waals surface area contributed by atoms with Crippen LogP contribution in [0.3, 0.4) is 0 Å². The molecule has 0 bridgehead atoms. The van der Waals surface area contributed by atoms with Gasteiger partial charge in [0.2, 0.25) is 0 Å². The number of carbonyl (C=O) groups excluding carboxylic acids is 1. The lowest BCUT2D eigenvalue weighted by atomic mass is 9.98. The molecule has 5 heteroatoms. The van der Waals surface area contributed by atoms with Gasteiger partial charge in [-0.25, -0.2) is 0 Å². The average Bonchev–Trinajstić information content (AvgIpc) is 2.50. The Kier molecular flexibility index (Phi) is 3.65. The fraction of sp³-hybridized carbons (Fsp3) is 0.875. The minimum atomic E-state index is -0.780. The lowest BCUT2D eigenvalue weighted by Gasteiger charge is -2.18. The number of carbonyl (C=O) groups is 1. The van der Waals surface area contributed by atoms with E-state index in [1.807, 2.05) is 0 Å². The Labute approximate surface area is 76.8 Å². The van der Waals surface area contributed by atoms with Crippen LogP contribution in [0.1, 0.15) is 6.92 Å². The van der Waals surface area contributed by atoms with E-state index in [2.05, 4.69) is 0 Å². The number of hydrogen-bond donors (Lipinski definition) is 2. The number of esters is 1. The lowest BCUT2D eigenvalue weighted by molar-refractivity contribution is -0.146. The van der Waals surface area contributed by atoms with E-state index in [0.717, 1.165) is 0 Å². The Morgan fingerprint density at radius 2 is 2.46 bits per heavy atom. The summed E-state index contributed by atoms with van der Waals surface area (Å²) in [7, 11) is 0. The van der Waals surface area contributed by atoms with Crippen LogP contribution in [0.15, 0.2) is 0 Å². The lowest BCUT2D eigenvalue weighted by Crippen LogP contribution is -2.44. The fourth-order valence-electron chi connectivity index (χ4n) is 1.32. The number of ether oxygens (including phenoxy) is 2. The van der Waals surface area contributed by atoms with E-state index in [4.69, 9.17) is 15.2 Å². The number of aliphatic hydroxyl groups excluding tert-OH is 1. The molecule has 1 aliphatic rings. The molecule has 0 aromatic rings. The summed E-state index contributed by atoms with van der Waals surface area (Å²) >= 11 is 0. The minimum absolute atomic E-state index is 0.248. The first kappa shape index (κ1) is 10.4. The van der Waals surface area contributed by atoms with Gasteiger partial charge >= 0.3 is 5.97 Å². The van der Waals surface area contributed by atoms with Crippen LogP contribution in [-0.4, -0.2) is 43.0 Å². The Bertz CT molecular complexity index is 185. The van der Waals surface area contributed by atoms with Crippen molar-refractivity contribution in [2.45, 2.75) is 19.1 Å². The van der Waals surface area contributed by atoms with Gasteiger partial charge in [0, 0.05) is 5.92 Å². The van der Waals surface area contributed by atoms with Crippen LogP contribution in [0.4, 0.5) is 0 Å². The third kappa shape index (κ3) is 2.40. The highest BCUT2D eigenvalue weighted by molar-refractivity contribution is 5.76.